The third-order valence-electron chi connectivity index (χ3n) is 1.56. The van der Waals surface area contributed by atoms with Crippen molar-refractivity contribution in [2.45, 2.75) is 39.0 Å². The van der Waals surface area contributed by atoms with Crippen molar-refractivity contribution < 1.29 is 4.74 Å². The Morgan fingerprint density at radius 1 is 1.00 bits per heavy atom. The van der Waals surface area contributed by atoms with Crippen LogP contribution in [0.25, 0.3) is 0 Å². The van der Waals surface area contributed by atoms with Gasteiger partial charge < -0.3 is 4.74 Å². The summed E-state index contributed by atoms with van der Waals surface area (Å²) in [5.74, 6) is 0. The van der Waals surface area contributed by atoms with E-state index in [-0.39, 0.29) is 0 Å². The fraction of sp³-hybridized carbons (Fsp3) is 1.00. The molecule has 0 bridgehead atoms. The number of alkyl halides is 1. The van der Waals surface area contributed by atoms with Gasteiger partial charge in [-0.05, 0) is 19.3 Å². The molecule has 0 aliphatic carbocycles. The van der Waals surface area contributed by atoms with Crippen LogP contribution in [0.2, 0.25) is 0 Å². The van der Waals surface area contributed by atoms with Gasteiger partial charge in [-0.1, -0.05) is 35.7 Å². The Morgan fingerprint density at radius 3 is 2.36 bits per heavy atom. The van der Waals surface area contributed by atoms with Crippen LogP contribution in [0.4, 0.5) is 0 Å². The van der Waals surface area contributed by atoms with Crippen LogP contribution in [0.1, 0.15) is 39.0 Å². The zero-order valence-corrected chi connectivity index (χ0v) is 9.03. The van der Waals surface area contributed by atoms with E-state index in [2.05, 4.69) is 22.9 Å². The molecule has 0 amide bonds. The van der Waals surface area contributed by atoms with E-state index in [4.69, 9.17) is 4.74 Å². The molecule has 1 nitrogen and oxygen atoms in total. The molecular formula is C9H19BrO. The Hall–Kier alpha value is 0.440. The van der Waals surface area contributed by atoms with E-state index >= 15 is 0 Å². The van der Waals surface area contributed by atoms with Gasteiger partial charge in [-0.2, -0.15) is 0 Å². The molecule has 0 fully saturated rings. The van der Waals surface area contributed by atoms with Crippen LogP contribution in [0.15, 0.2) is 0 Å². The highest BCUT2D eigenvalue weighted by Crippen LogP contribution is 1.99. The van der Waals surface area contributed by atoms with Gasteiger partial charge in [0.2, 0.25) is 0 Å². The van der Waals surface area contributed by atoms with Crippen molar-refractivity contribution in [3.63, 3.8) is 0 Å². The number of hydrogen-bond donors (Lipinski definition) is 0. The molecule has 0 atom stereocenters. The first-order valence-electron chi connectivity index (χ1n) is 4.55. The molecule has 0 aromatic carbocycles. The van der Waals surface area contributed by atoms with Crippen molar-refractivity contribution in [2.24, 2.45) is 0 Å². The Morgan fingerprint density at radius 2 is 1.73 bits per heavy atom. The van der Waals surface area contributed by atoms with E-state index < -0.39 is 0 Å². The molecule has 0 saturated heterocycles. The van der Waals surface area contributed by atoms with Crippen molar-refractivity contribution in [2.75, 3.05) is 18.5 Å². The maximum absolute atomic E-state index is 5.41. The smallest absolute Gasteiger partial charge is 0.0466 e. The maximum Gasteiger partial charge on any atom is 0.0466 e. The summed E-state index contributed by atoms with van der Waals surface area (Å²) in [5.41, 5.74) is 0. The summed E-state index contributed by atoms with van der Waals surface area (Å²) in [6, 6.07) is 0. The van der Waals surface area contributed by atoms with Crippen molar-refractivity contribution in [3.05, 3.63) is 0 Å². The predicted molar refractivity (Wildman–Crippen MR) is 53.4 cm³/mol. The van der Waals surface area contributed by atoms with Gasteiger partial charge in [0, 0.05) is 18.5 Å². The van der Waals surface area contributed by atoms with Crippen molar-refractivity contribution >= 4 is 15.9 Å². The number of unbranched alkanes of at least 4 members (excludes halogenated alkanes) is 3. The van der Waals surface area contributed by atoms with Crippen LogP contribution in [0.3, 0.4) is 0 Å². The fourth-order valence-corrected chi connectivity index (χ4v) is 1.22. The molecule has 0 radical (unpaired) electrons. The molecule has 0 N–H and O–H groups in total. The van der Waals surface area contributed by atoms with Crippen molar-refractivity contribution in [1.82, 2.24) is 0 Å². The lowest BCUT2D eigenvalue weighted by molar-refractivity contribution is 0.127. The first kappa shape index (κ1) is 11.4. The highest BCUT2D eigenvalue weighted by atomic mass is 79.9. The average molecular weight is 223 g/mol. The molecule has 0 unspecified atom stereocenters. The Bertz CT molecular complexity index is 58.6. The average Bonchev–Trinajstić information content (AvgIpc) is 2.03. The monoisotopic (exact) mass is 222 g/mol. The molecule has 68 valence electrons. The van der Waals surface area contributed by atoms with Gasteiger partial charge in [0.25, 0.3) is 0 Å². The van der Waals surface area contributed by atoms with E-state index in [1.165, 1.54) is 32.1 Å². The second-order valence-corrected chi connectivity index (χ2v) is 3.51. The molecule has 0 aliphatic rings. The number of hydrogen-bond acceptors (Lipinski definition) is 1. The molecule has 0 heterocycles. The highest BCUT2D eigenvalue weighted by Gasteiger charge is 1.88. The van der Waals surface area contributed by atoms with Crippen LogP contribution in [-0.4, -0.2) is 18.5 Å². The first-order valence-corrected chi connectivity index (χ1v) is 5.67. The second kappa shape index (κ2) is 10.4. The van der Waals surface area contributed by atoms with Gasteiger partial charge in [-0.3, -0.25) is 0 Å². The highest BCUT2D eigenvalue weighted by molar-refractivity contribution is 9.09. The second-order valence-electron chi connectivity index (χ2n) is 2.72. The van der Waals surface area contributed by atoms with Gasteiger partial charge in [-0.25, -0.2) is 0 Å². The Kier molecular flexibility index (Phi) is 10.9. The van der Waals surface area contributed by atoms with E-state index in [0.717, 1.165) is 18.5 Å². The third-order valence-corrected chi connectivity index (χ3v) is 2.13. The normalized spacial score (nSPS) is 10.4. The molecule has 0 aromatic rings. The standard InChI is InChI=1S/C9H19BrO/c1-2-3-8-11-9-6-4-5-7-10/h2-9H2,1H3. The summed E-state index contributed by atoms with van der Waals surface area (Å²) in [7, 11) is 0. The third kappa shape index (κ3) is 10.4. The van der Waals surface area contributed by atoms with E-state index in [1.54, 1.807) is 0 Å². The molecule has 0 aliphatic heterocycles. The van der Waals surface area contributed by atoms with Crippen LogP contribution >= 0.6 is 15.9 Å². The van der Waals surface area contributed by atoms with Crippen molar-refractivity contribution in [3.8, 4) is 0 Å². The minimum atomic E-state index is 0.949. The quantitative estimate of drug-likeness (QED) is 0.452. The maximum atomic E-state index is 5.41. The molecule has 0 rings (SSSR count). The SMILES string of the molecule is CCCCOCCCCCBr. The summed E-state index contributed by atoms with van der Waals surface area (Å²) in [4.78, 5) is 0. The summed E-state index contributed by atoms with van der Waals surface area (Å²) in [6.45, 7) is 4.09. The molecular weight excluding hydrogens is 204 g/mol. The van der Waals surface area contributed by atoms with Crippen LogP contribution in [0.5, 0.6) is 0 Å². The number of ether oxygens (including phenoxy) is 1. The largest absolute Gasteiger partial charge is 0.381 e. The van der Waals surface area contributed by atoms with Crippen molar-refractivity contribution in [1.29, 1.82) is 0 Å². The minimum absolute atomic E-state index is 0.949. The fourth-order valence-electron chi connectivity index (χ4n) is 0.824. The predicted octanol–water partition coefficient (Wildman–Crippen LogP) is 3.37. The lowest BCUT2D eigenvalue weighted by Crippen LogP contribution is -1.96. The molecule has 2 heteroatoms. The topological polar surface area (TPSA) is 9.23 Å². The van der Waals surface area contributed by atoms with Crippen LogP contribution in [-0.2, 0) is 4.74 Å². The zero-order valence-electron chi connectivity index (χ0n) is 7.44. The zero-order chi connectivity index (χ0) is 8.36. The lowest BCUT2D eigenvalue weighted by Gasteiger charge is -2.01. The number of rotatable bonds is 8. The number of halogens is 1. The van der Waals surface area contributed by atoms with E-state index in [1.807, 2.05) is 0 Å². The molecule has 0 spiro atoms. The van der Waals surface area contributed by atoms with Gasteiger partial charge in [0.05, 0.1) is 0 Å². The minimum Gasteiger partial charge on any atom is -0.381 e. The van der Waals surface area contributed by atoms with Crippen LogP contribution < -0.4 is 0 Å². The summed E-state index contributed by atoms with van der Waals surface area (Å²) < 4.78 is 5.41. The van der Waals surface area contributed by atoms with E-state index in [0.29, 0.717) is 0 Å². The lowest BCUT2D eigenvalue weighted by atomic mass is 10.3. The van der Waals surface area contributed by atoms with Gasteiger partial charge >= 0.3 is 0 Å². The first-order chi connectivity index (χ1) is 5.41. The Balaban J connectivity index is 2.69. The van der Waals surface area contributed by atoms with E-state index in [9.17, 15) is 0 Å². The molecule has 0 aromatic heterocycles. The Labute approximate surface area is 78.6 Å². The van der Waals surface area contributed by atoms with Gasteiger partial charge in [0.15, 0.2) is 0 Å². The summed E-state index contributed by atoms with van der Waals surface area (Å²) in [5, 5.41) is 1.13. The summed E-state index contributed by atoms with van der Waals surface area (Å²) >= 11 is 3.40. The van der Waals surface area contributed by atoms with Gasteiger partial charge in [0.1, 0.15) is 0 Å². The van der Waals surface area contributed by atoms with Crippen LogP contribution in [0, 0.1) is 0 Å². The van der Waals surface area contributed by atoms with Gasteiger partial charge in [-0.15, -0.1) is 0 Å². The summed E-state index contributed by atoms with van der Waals surface area (Å²) in [6.07, 6.45) is 6.23. The molecule has 11 heavy (non-hydrogen) atoms. The molecule has 0 saturated carbocycles.